The molecule has 19 heavy (non-hydrogen) atoms. The highest BCUT2D eigenvalue weighted by Crippen LogP contribution is 2.20. The van der Waals surface area contributed by atoms with Crippen LogP contribution in [0.2, 0.25) is 0 Å². The maximum Gasteiger partial charge on any atom is -0.0187 e. The third kappa shape index (κ3) is 6.81. The second-order valence-corrected chi connectivity index (χ2v) is 4.12. The van der Waals surface area contributed by atoms with E-state index < -0.39 is 0 Å². The molecular weight excluding hydrogens is 228 g/mol. The van der Waals surface area contributed by atoms with Crippen molar-refractivity contribution in [2.75, 3.05) is 0 Å². The summed E-state index contributed by atoms with van der Waals surface area (Å²) in [6, 6.07) is 8.76. The highest BCUT2D eigenvalue weighted by molar-refractivity contribution is 5.74. The molecule has 0 saturated carbocycles. The second-order valence-electron chi connectivity index (χ2n) is 4.12. The van der Waals surface area contributed by atoms with Crippen LogP contribution in [-0.2, 0) is 0 Å². The third-order valence-electron chi connectivity index (χ3n) is 2.63. The van der Waals surface area contributed by atoms with Gasteiger partial charge in [-0.25, -0.2) is 0 Å². The van der Waals surface area contributed by atoms with E-state index in [0.29, 0.717) is 5.92 Å². The standard InChI is InChI=1S/C16H20.C2H6.CH4/c1-5-7-8-14(6-2)16-11-9-15(10-12-16)13(3)4;1-2;/h5-13H,1H2,2-4H3;1-2H3;1H4/b8-7-,14-6+;;. The lowest BCUT2D eigenvalue weighted by molar-refractivity contribution is 0.866. The van der Waals surface area contributed by atoms with Crippen molar-refractivity contribution in [3.8, 4) is 0 Å². The fraction of sp³-hybridized carbons (Fsp3) is 0.368. The summed E-state index contributed by atoms with van der Waals surface area (Å²) in [6.07, 6.45) is 7.96. The predicted octanol–water partition coefficient (Wildman–Crippen LogP) is 6.62. The number of hydrogen-bond donors (Lipinski definition) is 0. The zero-order valence-corrected chi connectivity index (χ0v) is 12.4. The van der Waals surface area contributed by atoms with Crippen LogP contribution < -0.4 is 0 Å². The Morgan fingerprint density at radius 2 is 1.63 bits per heavy atom. The quantitative estimate of drug-likeness (QED) is 0.532. The van der Waals surface area contributed by atoms with E-state index in [4.69, 9.17) is 0 Å². The summed E-state index contributed by atoms with van der Waals surface area (Å²) in [6.45, 7) is 14.2. The van der Waals surface area contributed by atoms with Gasteiger partial charge < -0.3 is 0 Å². The van der Waals surface area contributed by atoms with Gasteiger partial charge in [0.1, 0.15) is 0 Å². The largest absolute Gasteiger partial charge is 0.0991 e. The van der Waals surface area contributed by atoms with E-state index in [-0.39, 0.29) is 7.43 Å². The van der Waals surface area contributed by atoms with Crippen LogP contribution in [0.1, 0.15) is 59.1 Å². The zero-order chi connectivity index (χ0) is 14.0. The summed E-state index contributed by atoms with van der Waals surface area (Å²) in [5, 5.41) is 0. The summed E-state index contributed by atoms with van der Waals surface area (Å²) in [5.74, 6) is 0.590. The van der Waals surface area contributed by atoms with Crippen molar-refractivity contribution in [1.82, 2.24) is 0 Å². The molecule has 0 unspecified atom stereocenters. The molecule has 0 fully saturated rings. The molecule has 0 nitrogen and oxygen atoms in total. The Labute approximate surface area is 120 Å². The van der Waals surface area contributed by atoms with Gasteiger partial charge in [-0.1, -0.05) is 90.3 Å². The zero-order valence-electron chi connectivity index (χ0n) is 12.4. The average molecular weight is 258 g/mol. The number of benzene rings is 1. The lowest BCUT2D eigenvalue weighted by Gasteiger charge is -2.07. The lowest BCUT2D eigenvalue weighted by atomic mass is 9.98. The maximum absolute atomic E-state index is 3.68. The molecule has 106 valence electrons. The number of hydrogen-bond acceptors (Lipinski definition) is 0. The van der Waals surface area contributed by atoms with Gasteiger partial charge in [-0.3, -0.25) is 0 Å². The first-order valence-corrected chi connectivity index (χ1v) is 6.74. The summed E-state index contributed by atoms with van der Waals surface area (Å²) in [4.78, 5) is 0. The normalized spacial score (nSPS) is 10.7. The molecule has 1 aromatic rings. The molecule has 0 saturated heterocycles. The molecule has 1 aromatic carbocycles. The molecule has 0 spiro atoms. The van der Waals surface area contributed by atoms with Crippen molar-refractivity contribution in [3.05, 3.63) is 66.3 Å². The highest BCUT2D eigenvalue weighted by atomic mass is 14.0. The van der Waals surface area contributed by atoms with Crippen molar-refractivity contribution in [2.45, 2.75) is 48.0 Å². The van der Waals surface area contributed by atoms with E-state index in [1.807, 2.05) is 19.9 Å². The fourth-order valence-electron chi connectivity index (χ4n) is 1.59. The van der Waals surface area contributed by atoms with E-state index in [1.54, 1.807) is 6.08 Å². The van der Waals surface area contributed by atoms with Crippen LogP contribution in [0.15, 0.2) is 55.1 Å². The molecule has 0 atom stereocenters. The molecule has 0 bridgehead atoms. The van der Waals surface area contributed by atoms with Crippen molar-refractivity contribution in [1.29, 1.82) is 0 Å². The van der Waals surface area contributed by atoms with Crippen LogP contribution in [0.4, 0.5) is 0 Å². The fourth-order valence-corrected chi connectivity index (χ4v) is 1.59. The molecule has 0 aliphatic rings. The van der Waals surface area contributed by atoms with E-state index in [1.165, 1.54) is 16.7 Å². The van der Waals surface area contributed by atoms with Crippen LogP contribution in [0.25, 0.3) is 5.57 Å². The van der Waals surface area contributed by atoms with Gasteiger partial charge in [-0.2, -0.15) is 0 Å². The van der Waals surface area contributed by atoms with Crippen molar-refractivity contribution >= 4 is 5.57 Å². The van der Waals surface area contributed by atoms with Gasteiger partial charge in [0.15, 0.2) is 0 Å². The molecule has 0 radical (unpaired) electrons. The van der Waals surface area contributed by atoms with Crippen LogP contribution in [0.3, 0.4) is 0 Å². The van der Waals surface area contributed by atoms with Crippen LogP contribution in [0, 0.1) is 0 Å². The van der Waals surface area contributed by atoms with Crippen LogP contribution >= 0.6 is 0 Å². The minimum absolute atomic E-state index is 0. The first-order valence-electron chi connectivity index (χ1n) is 6.74. The van der Waals surface area contributed by atoms with E-state index in [9.17, 15) is 0 Å². The van der Waals surface area contributed by atoms with Gasteiger partial charge in [0, 0.05) is 0 Å². The van der Waals surface area contributed by atoms with Crippen molar-refractivity contribution in [3.63, 3.8) is 0 Å². The van der Waals surface area contributed by atoms with E-state index in [0.717, 1.165) is 0 Å². The van der Waals surface area contributed by atoms with E-state index in [2.05, 4.69) is 63.8 Å². The molecule has 0 aliphatic heterocycles. The molecular formula is C19H30. The molecule has 0 heterocycles. The molecule has 0 N–H and O–H groups in total. The Kier molecular flexibility index (Phi) is 12.0. The Balaban J connectivity index is 0. The van der Waals surface area contributed by atoms with Crippen LogP contribution in [-0.4, -0.2) is 0 Å². The first kappa shape index (κ1) is 19.8. The molecule has 0 heteroatoms. The Morgan fingerprint density at radius 3 is 2.00 bits per heavy atom. The Morgan fingerprint density at radius 1 is 1.11 bits per heavy atom. The Bertz CT molecular complexity index is 389. The summed E-state index contributed by atoms with van der Waals surface area (Å²) in [7, 11) is 0. The summed E-state index contributed by atoms with van der Waals surface area (Å²) >= 11 is 0. The van der Waals surface area contributed by atoms with Crippen molar-refractivity contribution in [2.24, 2.45) is 0 Å². The first-order chi connectivity index (χ1) is 8.69. The molecule has 0 amide bonds. The van der Waals surface area contributed by atoms with E-state index >= 15 is 0 Å². The average Bonchev–Trinajstić information content (AvgIpc) is 2.42. The topological polar surface area (TPSA) is 0 Å². The smallest absolute Gasteiger partial charge is 0.0187 e. The molecule has 0 aromatic heterocycles. The number of rotatable bonds is 4. The van der Waals surface area contributed by atoms with Gasteiger partial charge in [0.05, 0.1) is 0 Å². The van der Waals surface area contributed by atoms with Crippen LogP contribution in [0.5, 0.6) is 0 Å². The predicted molar refractivity (Wildman–Crippen MR) is 91.6 cm³/mol. The molecule has 0 aliphatic carbocycles. The van der Waals surface area contributed by atoms with Gasteiger partial charge in [-0.15, -0.1) is 0 Å². The monoisotopic (exact) mass is 258 g/mol. The summed E-state index contributed by atoms with van der Waals surface area (Å²) < 4.78 is 0. The maximum atomic E-state index is 3.68. The third-order valence-corrected chi connectivity index (χ3v) is 2.63. The van der Waals surface area contributed by atoms with Gasteiger partial charge in [0.25, 0.3) is 0 Å². The summed E-state index contributed by atoms with van der Waals surface area (Å²) in [5.41, 5.74) is 3.87. The Hall–Kier alpha value is -1.56. The van der Waals surface area contributed by atoms with Gasteiger partial charge >= 0.3 is 0 Å². The number of allylic oxidation sites excluding steroid dienone is 5. The SMILES string of the molecule is C.C=C/C=C\C(=C/C)c1ccc(C(C)C)cc1.CC. The molecule has 1 rings (SSSR count). The minimum atomic E-state index is 0. The van der Waals surface area contributed by atoms with Gasteiger partial charge in [-0.05, 0) is 29.5 Å². The second kappa shape index (κ2) is 11.5. The minimum Gasteiger partial charge on any atom is -0.0991 e. The lowest BCUT2D eigenvalue weighted by Crippen LogP contribution is -1.88. The van der Waals surface area contributed by atoms with Crippen molar-refractivity contribution < 1.29 is 0 Å². The highest BCUT2D eigenvalue weighted by Gasteiger charge is 2.00. The van der Waals surface area contributed by atoms with Gasteiger partial charge in [0.2, 0.25) is 0 Å².